The third-order valence-corrected chi connectivity index (χ3v) is 3.72. The normalized spacial score (nSPS) is 24.0. The Morgan fingerprint density at radius 3 is 2.61 bits per heavy atom. The summed E-state index contributed by atoms with van der Waals surface area (Å²) in [5, 5.41) is 6.00. The first-order valence-electron chi connectivity index (χ1n) is 7.06. The zero-order valence-corrected chi connectivity index (χ0v) is 10.9. The first-order valence-corrected chi connectivity index (χ1v) is 7.06. The van der Waals surface area contributed by atoms with E-state index in [-0.39, 0.29) is 17.9 Å². The second-order valence-electron chi connectivity index (χ2n) is 5.13. The number of hydrogen-bond donors (Lipinski definition) is 2. The van der Waals surface area contributed by atoms with Gasteiger partial charge in [0, 0.05) is 26.1 Å². The van der Waals surface area contributed by atoms with Crippen LogP contribution in [0.15, 0.2) is 0 Å². The van der Waals surface area contributed by atoms with Crippen LogP contribution in [0.4, 0.5) is 0 Å². The lowest BCUT2D eigenvalue weighted by Gasteiger charge is -2.26. The van der Waals surface area contributed by atoms with Gasteiger partial charge in [-0.3, -0.25) is 9.59 Å². The lowest BCUT2D eigenvalue weighted by atomic mass is 10.1. The number of hydrogen-bond acceptors (Lipinski definition) is 3. The van der Waals surface area contributed by atoms with E-state index in [0.29, 0.717) is 13.0 Å². The average molecular weight is 253 g/mol. The molecule has 2 fully saturated rings. The van der Waals surface area contributed by atoms with Crippen molar-refractivity contribution in [2.75, 3.05) is 26.2 Å². The third kappa shape index (κ3) is 3.70. The maximum atomic E-state index is 11.9. The largest absolute Gasteiger partial charge is 0.354 e. The van der Waals surface area contributed by atoms with Gasteiger partial charge < -0.3 is 15.5 Å². The van der Waals surface area contributed by atoms with Crippen molar-refractivity contribution in [2.45, 2.75) is 44.6 Å². The first kappa shape index (κ1) is 13.3. The Bertz CT molecular complexity index is 295. The molecule has 0 saturated carbocycles. The van der Waals surface area contributed by atoms with E-state index < -0.39 is 0 Å². The van der Waals surface area contributed by atoms with Crippen molar-refractivity contribution in [3.63, 3.8) is 0 Å². The molecule has 2 heterocycles. The molecular weight excluding hydrogens is 230 g/mol. The topological polar surface area (TPSA) is 61.4 Å². The summed E-state index contributed by atoms with van der Waals surface area (Å²) in [6.07, 6.45) is 5.86. The van der Waals surface area contributed by atoms with Gasteiger partial charge in [-0.25, -0.2) is 0 Å². The molecule has 0 unspecified atom stereocenters. The van der Waals surface area contributed by atoms with Gasteiger partial charge in [0.2, 0.25) is 11.8 Å². The quantitative estimate of drug-likeness (QED) is 0.755. The van der Waals surface area contributed by atoms with Crippen molar-refractivity contribution in [2.24, 2.45) is 0 Å². The fraction of sp³-hybridized carbons (Fsp3) is 0.846. The van der Waals surface area contributed by atoms with E-state index in [1.807, 2.05) is 4.90 Å². The lowest BCUT2D eigenvalue weighted by molar-refractivity contribution is -0.132. The highest BCUT2D eigenvalue weighted by atomic mass is 16.2. The molecule has 2 rings (SSSR count). The van der Waals surface area contributed by atoms with E-state index in [1.54, 1.807) is 0 Å². The highest BCUT2D eigenvalue weighted by molar-refractivity contribution is 5.83. The summed E-state index contributed by atoms with van der Waals surface area (Å²) in [5.41, 5.74) is 0. The number of likely N-dealkylation sites (tertiary alicyclic amines) is 1. The highest BCUT2D eigenvalue weighted by Crippen LogP contribution is 2.09. The molecule has 0 aromatic carbocycles. The molecule has 0 spiro atoms. The minimum atomic E-state index is -0.0462. The number of rotatable bonds is 4. The molecule has 5 nitrogen and oxygen atoms in total. The van der Waals surface area contributed by atoms with Gasteiger partial charge in [-0.15, -0.1) is 0 Å². The van der Waals surface area contributed by atoms with Crippen LogP contribution in [0.3, 0.4) is 0 Å². The van der Waals surface area contributed by atoms with Crippen LogP contribution in [0.1, 0.15) is 38.5 Å². The monoisotopic (exact) mass is 253 g/mol. The fourth-order valence-electron chi connectivity index (χ4n) is 2.63. The molecule has 2 amide bonds. The Balaban J connectivity index is 1.62. The van der Waals surface area contributed by atoms with Crippen LogP contribution in [0.5, 0.6) is 0 Å². The van der Waals surface area contributed by atoms with Gasteiger partial charge in [0.1, 0.15) is 0 Å². The highest BCUT2D eigenvalue weighted by Gasteiger charge is 2.22. The zero-order chi connectivity index (χ0) is 12.8. The molecule has 18 heavy (non-hydrogen) atoms. The number of carbonyl (C=O) groups excluding carboxylic acids is 2. The molecule has 0 aliphatic carbocycles. The molecule has 0 radical (unpaired) electrons. The number of nitrogens with zero attached hydrogens (tertiary/aromatic N) is 1. The van der Waals surface area contributed by atoms with E-state index in [2.05, 4.69) is 10.6 Å². The molecule has 1 atom stereocenters. The van der Waals surface area contributed by atoms with Gasteiger partial charge in [-0.2, -0.15) is 0 Å². The Morgan fingerprint density at radius 2 is 1.94 bits per heavy atom. The van der Waals surface area contributed by atoms with Crippen molar-refractivity contribution >= 4 is 11.8 Å². The van der Waals surface area contributed by atoms with Crippen molar-refractivity contribution < 1.29 is 9.59 Å². The number of piperidine rings is 1. The second-order valence-corrected chi connectivity index (χ2v) is 5.13. The molecule has 2 saturated heterocycles. The minimum Gasteiger partial charge on any atom is -0.354 e. The van der Waals surface area contributed by atoms with Gasteiger partial charge in [0.05, 0.1) is 6.04 Å². The second kappa shape index (κ2) is 6.73. The van der Waals surface area contributed by atoms with Gasteiger partial charge >= 0.3 is 0 Å². The Labute approximate surface area is 108 Å². The van der Waals surface area contributed by atoms with Crippen LogP contribution in [0.2, 0.25) is 0 Å². The van der Waals surface area contributed by atoms with Crippen LogP contribution < -0.4 is 10.6 Å². The fourth-order valence-corrected chi connectivity index (χ4v) is 2.63. The summed E-state index contributed by atoms with van der Waals surface area (Å²) < 4.78 is 0. The Kier molecular flexibility index (Phi) is 4.99. The van der Waals surface area contributed by atoms with Crippen LogP contribution in [-0.2, 0) is 9.59 Å². The summed E-state index contributed by atoms with van der Waals surface area (Å²) in [5.74, 6) is 0.216. The third-order valence-electron chi connectivity index (χ3n) is 3.72. The standard InChI is InChI=1S/C13H23N3O2/c17-12(16-9-2-1-3-10-16)6-8-15-13(18)11-5-4-7-14-11/h11,14H,1-10H2,(H,15,18)/t11-/m0/s1. The maximum Gasteiger partial charge on any atom is 0.237 e. The van der Waals surface area contributed by atoms with E-state index in [1.165, 1.54) is 6.42 Å². The number of nitrogens with one attached hydrogen (secondary N) is 2. The maximum absolute atomic E-state index is 11.9. The molecule has 0 aromatic heterocycles. The van der Waals surface area contributed by atoms with Gasteiger partial charge in [-0.05, 0) is 38.6 Å². The molecule has 0 aromatic rings. The minimum absolute atomic E-state index is 0.0407. The molecule has 2 N–H and O–H groups in total. The molecule has 0 bridgehead atoms. The van der Waals surface area contributed by atoms with E-state index in [9.17, 15) is 9.59 Å². The number of amides is 2. The van der Waals surface area contributed by atoms with Gasteiger partial charge in [-0.1, -0.05) is 0 Å². The van der Waals surface area contributed by atoms with E-state index >= 15 is 0 Å². The van der Waals surface area contributed by atoms with Crippen molar-refractivity contribution in [3.05, 3.63) is 0 Å². The number of carbonyl (C=O) groups is 2. The summed E-state index contributed by atoms with van der Waals surface area (Å²) in [7, 11) is 0. The summed E-state index contributed by atoms with van der Waals surface area (Å²) in [6.45, 7) is 3.16. The molecule has 2 aliphatic rings. The smallest absolute Gasteiger partial charge is 0.237 e. The predicted octanol–water partition coefficient (Wildman–Crippen LogP) is 0.257. The van der Waals surface area contributed by atoms with E-state index in [0.717, 1.165) is 45.3 Å². The Hall–Kier alpha value is -1.10. The zero-order valence-electron chi connectivity index (χ0n) is 10.9. The molecule has 102 valence electrons. The van der Waals surface area contributed by atoms with Crippen molar-refractivity contribution in [1.82, 2.24) is 15.5 Å². The van der Waals surface area contributed by atoms with Crippen LogP contribution in [0.25, 0.3) is 0 Å². The lowest BCUT2D eigenvalue weighted by Crippen LogP contribution is -2.42. The predicted molar refractivity (Wildman–Crippen MR) is 69.1 cm³/mol. The SMILES string of the molecule is O=C(NCCC(=O)N1CCCCC1)[C@@H]1CCCN1. The van der Waals surface area contributed by atoms with Crippen LogP contribution in [0, 0.1) is 0 Å². The van der Waals surface area contributed by atoms with Gasteiger partial charge in [0.15, 0.2) is 0 Å². The summed E-state index contributed by atoms with van der Waals surface area (Å²) in [4.78, 5) is 25.5. The molecular formula is C13H23N3O2. The van der Waals surface area contributed by atoms with Crippen molar-refractivity contribution in [1.29, 1.82) is 0 Å². The Morgan fingerprint density at radius 1 is 1.17 bits per heavy atom. The first-order chi connectivity index (χ1) is 8.77. The van der Waals surface area contributed by atoms with Crippen LogP contribution >= 0.6 is 0 Å². The van der Waals surface area contributed by atoms with Crippen LogP contribution in [-0.4, -0.2) is 48.9 Å². The average Bonchev–Trinajstić information content (AvgIpc) is 2.93. The van der Waals surface area contributed by atoms with Gasteiger partial charge in [0.25, 0.3) is 0 Å². The summed E-state index contributed by atoms with van der Waals surface area (Å²) >= 11 is 0. The molecule has 5 heteroatoms. The summed E-state index contributed by atoms with van der Waals surface area (Å²) in [6, 6.07) is -0.0462. The van der Waals surface area contributed by atoms with E-state index in [4.69, 9.17) is 0 Å². The molecule has 2 aliphatic heterocycles. The van der Waals surface area contributed by atoms with Crippen molar-refractivity contribution in [3.8, 4) is 0 Å².